The topological polar surface area (TPSA) is 190 Å². The Morgan fingerprint density at radius 1 is 0.571 bits per heavy atom. The minimum atomic E-state index is -4.80. The van der Waals surface area contributed by atoms with Crippen LogP contribution in [0.1, 0.15) is 0 Å². The monoisotopic (exact) mass is 603 g/mol. The van der Waals surface area contributed by atoms with E-state index in [0.717, 1.165) is 5.69 Å². The summed E-state index contributed by atoms with van der Waals surface area (Å²) in [5, 5.41) is 30.5. The van der Waals surface area contributed by atoms with Crippen LogP contribution in [0.25, 0.3) is 10.8 Å². The fourth-order valence-corrected chi connectivity index (χ4v) is 5.26. The lowest BCUT2D eigenvalue weighted by atomic mass is 10.1. The second-order valence-corrected chi connectivity index (χ2v) is 11.6. The molecule has 0 fully saturated rings. The van der Waals surface area contributed by atoms with Crippen molar-refractivity contribution in [2.45, 2.75) is 9.79 Å². The van der Waals surface area contributed by atoms with Crippen LogP contribution in [-0.2, 0) is 20.2 Å². The largest absolute Gasteiger partial charge is 0.505 e. The molecule has 0 amide bonds. The number of anilines is 2. The van der Waals surface area contributed by atoms with Gasteiger partial charge in [-0.2, -0.15) is 27.1 Å². The maximum absolute atomic E-state index is 12.2. The van der Waals surface area contributed by atoms with E-state index < -0.39 is 41.5 Å². The molecule has 0 saturated carbocycles. The predicted molar refractivity (Wildman–Crippen MR) is 156 cm³/mol. The van der Waals surface area contributed by atoms with Crippen molar-refractivity contribution >= 4 is 65.1 Å². The first-order valence-electron chi connectivity index (χ1n) is 12.1. The van der Waals surface area contributed by atoms with E-state index in [0.29, 0.717) is 16.8 Å². The van der Waals surface area contributed by atoms with Crippen LogP contribution in [0.3, 0.4) is 0 Å². The van der Waals surface area contributed by atoms with Crippen LogP contribution in [0, 0.1) is 0 Å². The first-order valence-corrected chi connectivity index (χ1v) is 15.0. The molecule has 0 heterocycles. The highest BCUT2D eigenvalue weighted by Crippen LogP contribution is 2.42. The first-order chi connectivity index (χ1) is 20.0. The number of hydrogen-bond donors (Lipinski definition) is 4. The van der Waals surface area contributed by atoms with Crippen LogP contribution in [0.15, 0.2) is 133 Å². The predicted octanol–water partition coefficient (Wildman–Crippen LogP) is 7.61. The highest BCUT2D eigenvalue weighted by atomic mass is 32.2. The molecule has 4 N–H and O–H groups in total. The third-order valence-electron chi connectivity index (χ3n) is 5.92. The van der Waals surface area contributed by atoms with Gasteiger partial charge in [0.25, 0.3) is 20.2 Å². The lowest BCUT2D eigenvalue weighted by molar-refractivity contribution is 0.472. The van der Waals surface area contributed by atoms with Crippen molar-refractivity contribution in [2.24, 2.45) is 20.5 Å². The Morgan fingerprint density at radius 3 is 1.81 bits per heavy atom. The van der Waals surface area contributed by atoms with E-state index in [9.17, 15) is 31.0 Å². The van der Waals surface area contributed by atoms with Gasteiger partial charge in [-0.25, -0.2) is 0 Å². The Balaban J connectivity index is 1.43. The summed E-state index contributed by atoms with van der Waals surface area (Å²) in [6.45, 7) is 0. The Kier molecular flexibility index (Phi) is 7.78. The van der Waals surface area contributed by atoms with Crippen molar-refractivity contribution in [1.82, 2.24) is 0 Å². The summed E-state index contributed by atoms with van der Waals surface area (Å²) in [4.78, 5) is -1.02. The quantitative estimate of drug-likeness (QED) is 0.103. The fourth-order valence-electron chi connectivity index (χ4n) is 3.97. The van der Waals surface area contributed by atoms with E-state index in [1.807, 2.05) is 30.3 Å². The molecule has 0 aliphatic heterocycles. The number of rotatable bonds is 8. The van der Waals surface area contributed by atoms with Gasteiger partial charge in [0.1, 0.15) is 21.2 Å². The van der Waals surface area contributed by atoms with E-state index in [-0.39, 0.29) is 16.8 Å². The lowest BCUT2D eigenvalue weighted by Crippen LogP contribution is -1.99. The maximum atomic E-state index is 12.2. The number of phenolic OH excluding ortho intramolecular Hbond substituents is 1. The number of nitrogens with one attached hydrogen (secondary N) is 1. The van der Waals surface area contributed by atoms with Crippen molar-refractivity contribution in [3.8, 4) is 5.75 Å². The van der Waals surface area contributed by atoms with Crippen LogP contribution in [-0.4, -0.2) is 31.0 Å². The zero-order valence-corrected chi connectivity index (χ0v) is 23.0. The molecule has 42 heavy (non-hydrogen) atoms. The summed E-state index contributed by atoms with van der Waals surface area (Å²) in [5.41, 5.74) is 1.48. The molecule has 0 unspecified atom stereocenters. The minimum Gasteiger partial charge on any atom is -0.505 e. The van der Waals surface area contributed by atoms with Gasteiger partial charge in [-0.1, -0.05) is 30.3 Å². The minimum absolute atomic E-state index is 0.0590. The van der Waals surface area contributed by atoms with Crippen molar-refractivity contribution in [1.29, 1.82) is 0 Å². The van der Waals surface area contributed by atoms with Gasteiger partial charge in [0.15, 0.2) is 5.75 Å². The summed E-state index contributed by atoms with van der Waals surface area (Å²) in [6, 6.07) is 26.8. The Morgan fingerprint density at radius 2 is 1.17 bits per heavy atom. The Bertz CT molecular complexity index is 2070. The molecule has 0 saturated heterocycles. The number of azo groups is 2. The van der Waals surface area contributed by atoms with Gasteiger partial charge < -0.3 is 10.4 Å². The van der Waals surface area contributed by atoms with Crippen molar-refractivity contribution in [2.75, 3.05) is 5.32 Å². The SMILES string of the molecule is O=S(=O)(O)c1ccccc1N=Nc1ccc(N=Nc2c(S(=O)(=O)O)cc3cc(Nc4ccccc4)ccc3c2O)cc1. The van der Waals surface area contributed by atoms with Gasteiger partial charge in [0.05, 0.1) is 11.4 Å². The molecule has 0 bridgehead atoms. The van der Waals surface area contributed by atoms with Gasteiger partial charge in [-0.15, -0.1) is 10.2 Å². The number of para-hydroxylation sites is 1. The zero-order valence-electron chi connectivity index (χ0n) is 21.4. The zero-order chi connectivity index (χ0) is 29.9. The van der Waals surface area contributed by atoms with E-state index in [2.05, 4.69) is 25.8 Å². The number of phenols is 1. The molecule has 0 atom stereocenters. The summed E-state index contributed by atoms with van der Waals surface area (Å²) in [7, 11) is -9.29. The smallest absolute Gasteiger partial charge is 0.296 e. The molecule has 0 aromatic heterocycles. The number of nitrogens with zero attached hydrogens (tertiary/aromatic N) is 4. The highest BCUT2D eigenvalue weighted by Gasteiger charge is 2.22. The van der Waals surface area contributed by atoms with Crippen LogP contribution in [0.4, 0.5) is 34.1 Å². The molecule has 14 heteroatoms. The molecule has 5 aromatic rings. The second-order valence-electron chi connectivity index (χ2n) is 8.83. The molecule has 212 valence electrons. The summed E-state index contributed by atoms with van der Waals surface area (Å²) >= 11 is 0. The summed E-state index contributed by atoms with van der Waals surface area (Å²) < 4.78 is 66.7. The van der Waals surface area contributed by atoms with Gasteiger partial charge >= 0.3 is 0 Å². The standard InChI is InChI=1S/C28H21N5O7S2/c34-28-23-15-14-22(29-19-6-2-1-3-7-19)16-18(23)17-26(42(38,39)40)27(28)33-31-21-12-10-20(11-13-21)30-32-24-8-4-5-9-25(24)41(35,36)37/h1-17,29,34H,(H,35,36,37)(H,38,39,40). The third-order valence-corrected chi connectivity index (χ3v) is 7.69. The molecule has 0 spiro atoms. The Labute approximate surface area is 240 Å². The van der Waals surface area contributed by atoms with Crippen molar-refractivity contribution in [3.05, 3.63) is 103 Å². The number of fused-ring (bicyclic) bond motifs is 1. The van der Waals surface area contributed by atoms with Gasteiger partial charge in [0.2, 0.25) is 0 Å². The summed E-state index contributed by atoms with van der Waals surface area (Å²) in [5.74, 6) is -0.488. The molecular formula is C28H21N5O7S2. The van der Waals surface area contributed by atoms with Gasteiger partial charge in [-0.05, 0) is 78.2 Å². The van der Waals surface area contributed by atoms with Gasteiger partial charge in [-0.3, -0.25) is 9.11 Å². The first kappa shape index (κ1) is 28.5. The van der Waals surface area contributed by atoms with Gasteiger partial charge in [0, 0.05) is 16.8 Å². The van der Waals surface area contributed by atoms with Crippen molar-refractivity contribution < 1.29 is 31.0 Å². The molecule has 0 aliphatic carbocycles. The molecule has 0 radical (unpaired) electrons. The van der Waals surface area contributed by atoms with Crippen LogP contribution < -0.4 is 5.32 Å². The highest BCUT2D eigenvalue weighted by molar-refractivity contribution is 7.86. The molecule has 5 rings (SSSR count). The molecular weight excluding hydrogens is 582 g/mol. The average Bonchev–Trinajstić information content (AvgIpc) is 2.96. The fraction of sp³-hybridized carbons (Fsp3) is 0. The van der Waals surface area contributed by atoms with Crippen LogP contribution in [0.2, 0.25) is 0 Å². The van der Waals surface area contributed by atoms with Crippen LogP contribution in [0.5, 0.6) is 5.75 Å². The van der Waals surface area contributed by atoms with Crippen molar-refractivity contribution in [3.63, 3.8) is 0 Å². The number of benzene rings is 5. The number of hydrogen-bond acceptors (Lipinski definition) is 10. The van der Waals surface area contributed by atoms with E-state index in [1.54, 1.807) is 18.2 Å². The Hall–Kier alpha value is -5.02. The average molecular weight is 604 g/mol. The van der Waals surface area contributed by atoms with Crippen LogP contribution >= 0.6 is 0 Å². The maximum Gasteiger partial charge on any atom is 0.296 e. The van der Waals surface area contributed by atoms with E-state index >= 15 is 0 Å². The van der Waals surface area contributed by atoms with E-state index in [4.69, 9.17) is 0 Å². The normalized spacial score (nSPS) is 12.3. The summed E-state index contributed by atoms with van der Waals surface area (Å²) in [6.07, 6.45) is 0. The molecule has 0 aliphatic rings. The molecule has 12 nitrogen and oxygen atoms in total. The van der Waals surface area contributed by atoms with E-state index in [1.165, 1.54) is 54.6 Å². The lowest BCUT2D eigenvalue weighted by Gasteiger charge is -2.11. The third kappa shape index (κ3) is 6.47. The number of aromatic hydroxyl groups is 1. The second kappa shape index (κ2) is 11.5. The molecule has 5 aromatic carbocycles.